The lowest BCUT2D eigenvalue weighted by molar-refractivity contribution is -0.137. The molecule has 0 aliphatic carbocycles. The molecule has 0 bridgehead atoms. The van der Waals surface area contributed by atoms with Crippen molar-refractivity contribution in [2.24, 2.45) is 0 Å². The van der Waals surface area contributed by atoms with Crippen LogP contribution in [0.4, 0.5) is 4.79 Å². The molecule has 2 rings (SSSR count). The summed E-state index contributed by atoms with van der Waals surface area (Å²) in [6.07, 6.45) is -0.943. The minimum Gasteiger partial charge on any atom is -0.481 e. The summed E-state index contributed by atoms with van der Waals surface area (Å²) in [7, 11) is 0. The lowest BCUT2D eigenvalue weighted by Crippen LogP contribution is -2.30. The van der Waals surface area contributed by atoms with E-state index in [9.17, 15) is 9.59 Å². The fourth-order valence-corrected chi connectivity index (χ4v) is 2.35. The van der Waals surface area contributed by atoms with Crippen LogP contribution in [0.25, 0.3) is 0 Å². The Kier molecular flexibility index (Phi) is 6.21. The van der Waals surface area contributed by atoms with E-state index in [4.69, 9.17) is 21.4 Å². The van der Waals surface area contributed by atoms with E-state index in [0.29, 0.717) is 10.6 Å². The Morgan fingerprint density at radius 1 is 1.21 bits per heavy atom. The molecule has 0 heterocycles. The van der Waals surface area contributed by atoms with Crippen molar-refractivity contribution < 1.29 is 19.4 Å². The molecule has 5 nitrogen and oxygen atoms in total. The van der Waals surface area contributed by atoms with Crippen LogP contribution in [-0.4, -0.2) is 17.2 Å². The first-order valence-corrected chi connectivity index (χ1v) is 7.78. The lowest BCUT2D eigenvalue weighted by atomic mass is 10.0. The normalized spacial score (nSPS) is 11.6. The van der Waals surface area contributed by atoms with Gasteiger partial charge in [-0.1, -0.05) is 54.1 Å². The third kappa shape index (κ3) is 5.28. The maximum absolute atomic E-state index is 12.0. The minimum absolute atomic E-state index is 0.112. The maximum atomic E-state index is 12.0. The molecule has 126 valence electrons. The van der Waals surface area contributed by atoms with Gasteiger partial charge in [0.25, 0.3) is 0 Å². The monoisotopic (exact) mass is 347 g/mol. The van der Waals surface area contributed by atoms with Gasteiger partial charge in [0.1, 0.15) is 6.61 Å². The van der Waals surface area contributed by atoms with E-state index in [1.54, 1.807) is 18.2 Å². The van der Waals surface area contributed by atoms with Gasteiger partial charge in [-0.05, 0) is 29.7 Å². The van der Waals surface area contributed by atoms with E-state index in [1.807, 2.05) is 37.3 Å². The largest absolute Gasteiger partial charge is 0.481 e. The molecule has 0 aliphatic rings. The topological polar surface area (TPSA) is 75.6 Å². The molecule has 0 fully saturated rings. The zero-order valence-corrected chi connectivity index (χ0v) is 13.9. The van der Waals surface area contributed by atoms with Crippen molar-refractivity contribution in [1.29, 1.82) is 0 Å². The smallest absolute Gasteiger partial charge is 0.407 e. The van der Waals surface area contributed by atoms with Crippen molar-refractivity contribution in [3.8, 4) is 0 Å². The number of carbonyl (C=O) groups excluding carboxylic acids is 1. The van der Waals surface area contributed by atoms with Crippen LogP contribution in [0.1, 0.15) is 29.2 Å². The first-order chi connectivity index (χ1) is 11.5. The summed E-state index contributed by atoms with van der Waals surface area (Å²) in [6.45, 7) is 1.96. The summed E-state index contributed by atoms with van der Waals surface area (Å²) in [5.41, 5.74) is 2.34. The highest BCUT2D eigenvalue weighted by atomic mass is 35.5. The Labute approximate surface area is 145 Å². The van der Waals surface area contributed by atoms with Crippen molar-refractivity contribution in [3.63, 3.8) is 0 Å². The number of nitrogens with one attached hydrogen (secondary N) is 1. The second kappa shape index (κ2) is 8.36. The number of halogens is 1. The van der Waals surface area contributed by atoms with Gasteiger partial charge in [-0.3, -0.25) is 4.79 Å². The number of ether oxygens (including phenoxy) is 1. The number of carboxylic acid groups (broad SMARTS) is 1. The highest BCUT2D eigenvalue weighted by Crippen LogP contribution is 2.23. The van der Waals surface area contributed by atoms with Crippen molar-refractivity contribution in [2.75, 3.05) is 0 Å². The first kappa shape index (κ1) is 17.8. The summed E-state index contributed by atoms with van der Waals surface area (Å²) in [6, 6.07) is 13.7. The van der Waals surface area contributed by atoms with Gasteiger partial charge in [0, 0.05) is 5.02 Å². The number of amides is 1. The number of alkyl carbamates (subject to hydrolysis) is 1. The number of benzene rings is 2. The molecule has 0 radical (unpaired) electrons. The molecule has 0 spiro atoms. The molecule has 1 atom stereocenters. The Bertz CT molecular complexity index is 718. The molecular weight excluding hydrogens is 330 g/mol. The summed E-state index contributed by atoms with van der Waals surface area (Å²) >= 11 is 6.08. The van der Waals surface area contributed by atoms with Gasteiger partial charge in [0.05, 0.1) is 12.5 Å². The van der Waals surface area contributed by atoms with Gasteiger partial charge in [-0.15, -0.1) is 0 Å². The molecule has 2 aromatic rings. The zero-order valence-electron chi connectivity index (χ0n) is 13.2. The Hall–Kier alpha value is -2.53. The van der Waals surface area contributed by atoms with Gasteiger partial charge in [0.15, 0.2) is 0 Å². The van der Waals surface area contributed by atoms with Crippen LogP contribution in [-0.2, 0) is 16.1 Å². The van der Waals surface area contributed by atoms with Crippen LogP contribution in [0, 0.1) is 6.92 Å². The van der Waals surface area contributed by atoms with Crippen LogP contribution in [0.3, 0.4) is 0 Å². The fourth-order valence-electron chi connectivity index (χ4n) is 2.16. The third-order valence-electron chi connectivity index (χ3n) is 3.48. The summed E-state index contributed by atoms with van der Waals surface area (Å²) < 4.78 is 5.14. The maximum Gasteiger partial charge on any atom is 0.407 e. The second-order valence-corrected chi connectivity index (χ2v) is 5.77. The Morgan fingerprint density at radius 2 is 1.92 bits per heavy atom. The van der Waals surface area contributed by atoms with E-state index < -0.39 is 18.1 Å². The van der Waals surface area contributed by atoms with Crippen LogP contribution >= 0.6 is 11.6 Å². The number of aliphatic carboxylic acids is 1. The standard InChI is InChI=1S/C18H18ClNO4/c1-12-7-8-14(9-15(12)19)16(10-17(21)22)20-18(23)24-11-13-5-3-2-4-6-13/h2-9,16H,10-11H2,1H3,(H,20,23)(H,21,22). The van der Waals surface area contributed by atoms with E-state index in [0.717, 1.165) is 11.1 Å². The third-order valence-corrected chi connectivity index (χ3v) is 3.89. The van der Waals surface area contributed by atoms with Crippen molar-refractivity contribution in [3.05, 3.63) is 70.2 Å². The Morgan fingerprint density at radius 3 is 2.54 bits per heavy atom. The first-order valence-electron chi connectivity index (χ1n) is 7.41. The summed E-state index contributed by atoms with van der Waals surface area (Å²) in [4.78, 5) is 23.0. The second-order valence-electron chi connectivity index (χ2n) is 5.37. The van der Waals surface area contributed by atoms with Gasteiger partial charge in [0.2, 0.25) is 0 Å². The van der Waals surface area contributed by atoms with E-state index >= 15 is 0 Å². The van der Waals surface area contributed by atoms with Crippen molar-refractivity contribution in [2.45, 2.75) is 26.0 Å². The van der Waals surface area contributed by atoms with Crippen LogP contribution < -0.4 is 5.32 Å². The summed E-state index contributed by atoms with van der Waals surface area (Å²) in [5.74, 6) is -1.03. The molecule has 24 heavy (non-hydrogen) atoms. The molecular formula is C18H18ClNO4. The van der Waals surface area contributed by atoms with Gasteiger partial charge >= 0.3 is 12.1 Å². The number of hydrogen-bond donors (Lipinski definition) is 2. The van der Waals surface area contributed by atoms with E-state index in [1.165, 1.54) is 0 Å². The van der Waals surface area contributed by atoms with Gasteiger partial charge < -0.3 is 15.2 Å². The number of hydrogen-bond acceptors (Lipinski definition) is 3. The molecule has 0 saturated carbocycles. The number of carboxylic acids is 1. The fraction of sp³-hybridized carbons (Fsp3) is 0.222. The average molecular weight is 348 g/mol. The lowest BCUT2D eigenvalue weighted by Gasteiger charge is -2.18. The SMILES string of the molecule is Cc1ccc(C(CC(=O)O)NC(=O)OCc2ccccc2)cc1Cl. The molecule has 0 aliphatic heterocycles. The Balaban J connectivity index is 2.03. The highest BCUT2D eigenvalue weighted by molar-refractivity contribution is 6.31. The van der Waals surface area contributed by atoms with Crippen molar-refractivity contribution >= 4 is 23.7 Å². The van der Waals surface area contributed by atoms with Gasteiger partial charge in [-0.25, -0.2) is 4.79 Å². The predicted octanol–water partition coefficient (Wildman–Crippen LogP) is 4.09. The van der Waals surface area contributed by atoms with E-state index in [-0.39, 0.29) is 13.0 Å². The molecule has 2 aromatic carbocycles. The van der Waals surface area contributed by atoms with Crippen LogP contribution in [0.2, 0.25) is 5.02 Å². The zero-order chi connectivity index (χ0) is 17.5. The average Bonchev–Trinajstić information content (AvgIpc) is 2.55. The predicted molar refractivity (Wildman–Crippen MR) is 90.9 cm³/mol. The minimum atomic E-state index is -1.03. The quantitative estimate of drug-likeness (QED) is 0.825. The van der Waals surface area contributed by atoms with Crippen LogP contribution in [0.15, 0.2) is 48.5 Å². The van der Waals surface area contributed by atoms with E-state index in [2.05, 4.69) is 5.32 Å². The summed E-state index contributed by atoms with van der Waals surface area (Å²) in [5, 5.41) is 12.2. The molecule has 1 unspecified atom stereocenters. The molecule has 1 amide bonds. The molecule has 2 N–H and O–H groups in total. The number of carbonyl (C=O) groups is 2. The molecule has 0 aromatic heterocycles. The molecule has 6 heteroatoms. The van der Waals surface area contributed by atoms with Gasteiger partial charge in [-0.2, -0.15) is 0 Å². The van der Waals surface area contributed by atoms with Crippen LogP contribution in [0.5, 0.6) is 0 Å². The molecule has 0 saturated heterocycles. The number of rotatable bonds is 6. The highest BCUT2D eigenvalue weighted by Gasteiger charge is 2.19. The number of aryl methyl sites for hydroxylation is 1. The van der Waals surface area contributed by atoms with Crippen molar-refractivity contribution in [1.82, 2.24) is 5.32 Å².